The van der Waals surface area contributed by atoms with Crippen LogP contribution in [-0.4, -0.2) is 51.6 Å². The molecule has 1 saturated carbocycles. The zero-order valence-electron chi connectivity index (χ0n) is 19.1. The number of esters is 1. The van der Waals surface area contributed by atoms with E-state index in [4.69, 9.17) is 44.6 Å². The largest absolute Gasteiger partial charge is 0.458 e. The number of halogens is 3. The first-order valence-electron chi connectivity index (χ1n) is 11.4. The number of aliphatic hydroxyl groups is 3. The molecule has 5 unspecified atom stereocenters. The van der Waals surface area contributed by atoms with Gasteiger partial charge in [-0.3, -0.25) is 0 Å². The summed E-state index contributed by atoms with van der Waals surface area (Å²) in [4.78, 5) is 13.7. The molecule has 188 valence electrons. The van der Waals surface area contributed by atoms with Crippen LogP contribution < -0.4 is 0 Å². The fourth-order valence-corrected chi connectivity index (χ4v) is 6.51. The SMILES string of the molecule is CC(O)(CO)COC(=O)c1ccc(CCCC2C(Cl)CC(O)C2CCc2cc(Cl)cc(Cl)c2)s1. The van der Waals surface area contributed by atoms with E-state index in [9.17, 15) is 15.0 Å². The second-order valence-electron chi connectivity index (χ2n) is 9.35. The molecule has 1 aliphatic carbocycles. The normalized spacial score (nSPS) is 24.2. The molecule has 3 rings (SSSR count). The van der Waals surface area contributed by atoms with Crippen molar-refractivity contribution in [3.8, 4) is 0 Å². The van der Waals surface area contributed by atoms with Crippen LogP contribution in [0.25, 0.3) is 0 Å². The van der Waals surface area contributed by atoms with Crippen LogP contribution in [0.2, 0.25) is 10.0 Å². The summed E-state index contributed by atoms with van der Waals surface area (Å²) in [6, 6.07) is 9.16. The van der Waals surface area contributed by atoms with Gasteiger partial charge in [0, 0.05) is 20.3 Å². The number of carbonyl (C=O) groups is 1. The molecule has 0 aliphatic heterocycles. The molecule has 5 atom stereocenters. The van der Waals surface area contributed by atoms with Crippen LogP contribution in [0.15, 0.2) is 30.3 Å². The van der Waals surface area contributed by atoms with Crippen LogP contribution in [0, 0.1) is 11.8 Å². The maximum atomic E-state index is 12.2. The molecule has 9 heteroatoms. The minimum absolute atomic E-state index is 0.0591. The van der Waals surface area contributed by atoms with Crippen molar-refractivity contribution in [1.82, 2.24) is 0 Å². The molecule has 1 aromatic heterocycles. The number of benzene rings is 1. The predicted octanol–water partition coefficient (Wildman–Crippen LogP) is 5.51. The molecule has 0 spiro atoms. The second-order valence-corrected chi connectivity index (χ2v) is 12.0. The number of ether oxygens (including phenoxy) is 1. The Balaban J connectivity index is 1.50. The van der Waals surface area contributed by atoms with Crippen molar-refractivity contribution < 1.29 is 24.9 Å². The van der Waals surface area contributed by atoms with E-state index >= 15 is 0 Å². The van der Waals surface area contributed by atoms with Crippen LogP contribution in [0.4, 0.5) is 0 Å². The summed E-state index contributed by atoms with van der Waals surface area (Å²) in [5, 5.41) is 30.6. The average Bonchev–Trinajstić information content (AvgIpc) is 3.34. The van der Waals surface area contributed by atoms with E-state index in [-0.39, 0.29) is 23.8 Å². The zero-order valence-corrected chi connectivity index (χ0v) is 22.1. The quantitative estimate of drug-likeness (QED) is 0.254. The van der Waals surface area contributed by atoms with Crippen LogP contribution >= 0.6 is 46.1 Å². The smallest absolute Gasteiger partial charge is 0.348 e. The van der Waals surface area contributed by atoms with E-state index in [1.54, 1.807) is 12.1 Å². The Hall–Kier alpha value is -0.860. The molecular weight excluding hydrogens is 519 g/mol. The van der Waals surface area contributed by atoms with Gasteiger partial charge in [-0.1, -0.05) is 23.2 Å². The summed E-state index contributed by atoms with van der Waals surface area (Å²) in [5.74, 6) is -0.171. The minimum Gasteiger partial charge on any atom is -0.458 e. The highest BCUT2D eigenvalue weighted by Gasteiger charge is 2.40. The Morgan fingerprint density at radius 2 is 1.85 bits per heavy atom. The van der Waals surface area contributed by atoms with Crippen LogP contribution in [-0.2, 0) is 17.6 Å². The molecule has 0 amide bonds. The van der Waals surface area contributed by atoms with Gasteiger partial charge in [0.15, 0.2) is 0 Å². The number of hydrogen-bond donors (Lipinski definition) is 3. The van der Waals surface area contributed by atoms with Gasteiger partial charge in [0.2, 0.25) is 0 Å². The summed E-state index contributed by atoms with van der Waals surface area (Å²) in [7, 11) is 0. The lowest BCUT2D eigenvalue weighted by molar-refractivity contribution is -0.0509. The number of rotatable bonds is 11. The first-order chi connectivity index (χ1) is 16.1. The van der Waals surface area contributed by atoms with Crippen LogP contribution in [0.1, 0.15) is 52.7 Å². The molecule has 2 aromatic rings. The monoisotopic (exact) mass is 548 g/mol. The van der Waals surface area contributed by atoms with Gasteiger partial charge in [-0.05, 0) is 93.2 Å². The van der Waals surface area contributed by atoms with E-state index in [2.05, 4.69) is 0 Å². The highest BCUT2D eigenvalue weighted by molar-refractivity contribution is 7.13. The number of thiophene rings is 1. The van der Waals surface area contributed by atoms with Crippen molar-refractivity contribution in [2.45, 2.75) is 62.5 Å². The molecular formula is C25H31Cl3O5S. The van der Waals surface area contributed by atoms with Gasteiger partial charge in [0.1, 0.15) is 17.1 Å². The standard InChI is InChI=1S/C25H31Cl3O5S/c1-25(32,13-29)14-33-24(31)23-8-6-18(34-23)3-2-4-19-20(22(30)12-21(19)28)7-5-15-9-16(26)11-17(27)10-15/h6,8-11,19-22,29-30,32H,2-5,7,12-14H2,1H3. The molecule has 1 heterocycles. The number of aryl methyl sites for hydroxylation is 2. The average molecular weight is 550 g/mol. The van der Waals surface area contributed by atoms with Crippen molar-refractivity contribution in [2.75, 3.05) is 13.2 Å². The fourth-order valence-electron chi connectivity index (χ4n) is 4.50. The van der Waals surface area contributed by atoms with Crippen LogP contribution in [0.3, 0.4) is 0 Å². The molecule has 1 aliphatic rings. The Morgan fingerprint density at radius 1 is 1.15 bits per heavy atom. The van der Waals surface area contributed by atoms with Gasteiger partial charge in [0.25, 0.3) is 0 Å². The Kier molecular flexibility index (Phi) is 10.1. The zero-order chi connectivity index (χ0) is 24.9. The summed E-state index contributed by atoms with van der Waals surface area (Å²) in [5.41, 5.74) is -0.394. The summed E-state index contributed by atoms with van der Waals surface area (Å²) >= 11 is 20.2. The predicted molar refractivity (Wildman–Crippen MR) is 137 cm³/mol. The van der Waals surface area contributed by atoms with Crippen molar-refractivity contribution in [2.24, 2.45) is 11.8 Å². The first-order valence-corrected chi connectivity index (χ1v) is 13.4. The molecule has 1 fully saturated rings. The van der Waals surface area contributed by atoms with Gasteiger partial charge in [0.05, 0.1) is 12.7 Å². The molecule has 5 nitrogen and oxygen atoms in total. The van der Waals surface area contributed by atoms with Crippen molar-refractivity contribution >= 4 is 52.1 Å². The fraction of sp³-hybridized carbons (Fsp3) is 0.560. The highest BCUT2D eigenvalue weighted by Crippen LogP contribution is 2.42. The van der Waals surface area contributed by atoms with Gasteiger partial charge >= 0.3 is 5.97 Å². The molecule has 1 aromatic carbocycles. The van der Waals surface area contributed by atoms with Crippen molar-refractivity contribution in [1.29, 1.82) is 0 Å². The third-order valence-electron chi connectivity index (χ3n) is 6.34. The molecule has 0 bridgehead atoms. The number of aliphatic hydroxyl groups excluding tert-OH is 2. The van der Waals surface area contributed by atoms with Crippen molar-refractivity contribution in [3.05, 3.63) is 55.7 Å². The summed E-state index contributed by atoms with van der Waals surface area (Å²) in [6.45, 7) is 0.655. The molecule has 34 heavy (non-hydrogen) atoms. The highest BCUT2D eigenvalue weighted by atomic mass is 35.5. The Labute approximate surface area is 219 Å². The van der Waals surface area contributed by atoms with Gasteiger partial charge < -0.3 is 20.1 Å². The number of alkyl halides is 1. The molecule has 0 radical (unpaired) electrons. The van der Waals surface area contributed by atoms with E-state index in [1.807, 2.05) is 18.2 Å². The third kappa shape index (κ3) is 7.82. The summed E-state index contributed by atoms with van der Waals surface area (Å²) < 4.78 is 5.10. The topological polar surface area (TPSA) is 87.0 Å². The third-order valence-corrected chi connectivity index (χ3v) is 8.41. The lowest BCUT2D eigenvalue weighted by atomic mass is 9.85. The van der Waals surface area contributed by atoms with E-state index in [0.29, 0.717) is 21.3 Å². The lowest BCUT2D eigenvalue weighted by Crippen LogP contribution is -2.35. The second kappa shape index (κ2) is 12.4. The maximum absolute atomic E-state index is 12.2. The maximum Gasteiger partial charge on any atom is 0.348 e. The van der Waals surface area contributed by atoms with Crippen molar-refractivity contribution in [3.63, 3.8) is 0 Å². The van der Waals surface area contributed by atoms with E-state index in [1.165, 1.54) is 18.3 Å². The number of hydrogen-bond acceptors (Lipinski definition) is 6. The Morgan fingerprint density at radius 3 is 2.53 bits per heavy atom. The Bertz CT molecular complexity index is 944. The van der Waals surface area contributed by atoms with E-state index < -0.39 is 24.3 Å². The van der Waals surface area contributed by atoms with Gasteiger partial charge in [-0.15, -0.1) is 22.9 Å². The van der Waals surface area contributed by atoms with Gasteiger partial charge in [-0.2, -0.15) is 0 Å². The number of carbonyl (C=O) groups excluding carboxylic acids is 1. The van der Waals surface area contributed by atoms with Crippen LogP contribution in [0.5, 0.6) is 0 Å². The summed E-state index contributed by atoms with van der Waals surface area (Å²) in [6.07, 6.45) is 4.37. The molecule has 3 N–H and O–H groups in total. The lowest BCUT2D eigenvalue weighted by Gasteiger charge is -2.23. The minimum atomic E-state index is -1.45. The van der Waals surface area contributed by atoms with E-state index in [0.717, 1.165) is 42.5 Å². The first kappa shape index (κ1) is 27.7. The molecule has 0 saturated heterocycles. The van der Waals surface area contributed by atoms with Gasteiger partial charge in [-0.25, -0.2) is 4.79 Å².